The number of carboxylic acids is 1. The fourth-order valence-electron chi connectivity index (χ4n) is 1.79. The van der Waals surface area contributed by atoms with Gasteiger partial charge in [-0.05, 0) is 24.8 Å². The molecule has 0 saturated carbocycles. The second-order valence-corrected chi connectivity index (χ2v) is 5.99. The van der Waals surface area contributed by atoms with E-state index in [-0.39, 0.29) is 13.3 Å². The molecule has 4 nitrogen and oxygen atoms in total. The molecule has 118 valence electrons. The molecule has 0 aliphatic heterocycles. The Balaban J connectivity index is 0.00000400. The maximum absolute atomic E-state index is 11.8. The summed E-state index contributed by atoms with van der Waals surface area (Å²) in [6.45, 7) is 5.31. The van der Waals surface area contributed by atoms with E-state index in [1.165, 1.54) is 5.56 Å². The van der Waals surface area contributed by atoms with Crippen LogP contribution in [-0.4, -0.2) is 23.0 Å². The largest absolute Gasteiger partial charge is 0.480 e. The molecule has 0 fully saturated rings. The number of hydrogen-bond donors (Lipinski definition) is 2. The highest BCUT2D eigenvalue weighted by molar-refractivity contribution is 5.86. The normalized spacial score (nSPS) is 12.1. The number of aryl methyl sites for hydroxylation is 1. The molecule has 0 aliphatic carbocycles. The molecule has 4 heteroatoms. The molecule has 0 aromatic heterocycles. The van der Waals surface area contributed by atoms with Crippen molar-refractivity contribution in [2.45, 2.75) is 53.5 Å². The van der Waals surface area contributed by atoms with Gasteiger partial charge in [-0.2, -0.15) is 0 Å². The lowest BCUT2D eigenvalue weighted by Gasteiger charge is -2.21. The Labute approximate surface area is 127 Å². The number of carbonyl (C=O) groups excluding carboxylic acids is 1. The van der Waals surface area contributed by atoms with Crippen LogP contribution in [0, 0.1) is 5.41 Å². The number of carbonyl (C=O) groups is 2. The summed E-state index contributed by atoms with van der Waals surface area (Å²) < 4.78 is 0. The minimum atomic E-state index is -0.976. The second kappa shape index (κ2) is 8.45. The van der Waals surface area contributed by atoms with Gasteiger partial charge in [0.25, 0.3) is 0 Å². The molecule has 2 N–H and O–H groups in total. The van der Waals surface area contributed by atoms with Crippen molar-refractivity contribution in [3.63, 3.8) is 0 Å². The lowest BCUT2D eigenvalue weighted by Crippen LogP contribution is -2.45. The average Bonchev–Trinajstić information content (AvgIpc) is 2.37. The van der Waals surface area contributed by atoms with Crippen molar-refractivity contribution in [3.05, 3.63) is 35.9 Å². The second-order valence-electron chi connectivity index (χ2n) is 5.99. The SMILES string of the molecule is C.CC(C)(C)C(=O)N[C@H](CCCc1ccccc1)C(=O)O. The fourth-order valence-corrected chi connectivity index (χ4v) is 1.79. The van der Waals surface area contributed by atoms with Crippen molar-refractivity contribution in [3.8, 4) is 0 Å². The van der Waals surface area contributed by atoms with Gasteiger partial charge in [0.15, 0.2) is 0 Å². The fraction of sp³-hybridized carbons (Fsp3) is 0.529. The first kappa shape index (κ1) is 19.2. The van der Waals surface area contributed by atoms with Crippen molar-refractivity contribution in [1.29, 1.82) is 0 Å². The molecule has 1 aromatic rings. The topological polar surface area (TPSA) is 66.4 Å². The van der Waals surface area contributed by atoms with E-state index in [0.717, 1.165) is 12.8 Å². The number of rotatable bonds is 6. The summed E-state index contributed by atoms with van der Waals surface area (Å²) in [5.41, 5.74) is 0.603. The van der Waals surface area contributed by atoms with Crippen molar-refractivity contribution in [2.24, 2.45) is 5.41 Å². The zero-order valence-electron chi connectivity index (χ0n) is 12.3. The van der Waals surface area contributed by atoms with E-state index in [2.05, 4.69) is 5.32 Å². The van der Waals surface area contributed by atoms with Gasteiger partial charge in [0.2, 0.25) is 5.91 Å². The first-order chi connectivity index (χ1) is 9.30. The van der Waals surface area contributed by atoms with Gasteiger partial charge in [0.05, 0.1) is 0 Å². The van der Waals surface area contributed by atoms with Gasteiger partial charge < -0.3 is 10.4 Å². The van der Waals surface area contributed by atoms with Crippen molar-refractivity contribution in [1.82, 2.24) is 5.32 Å². The quantitative estimate of drug-likeness (QED) is 0.846. The maximum Gasteiger partial charge on any atom is 0.326 e. The summed E-state index contributed by atoms with van der Waals surface area (Å²) in [4.78, 5) is 23.0. The van der Waals surface area contributed by atoms with Crippen molar-refractivity contribution in [2.75, 3.05) is 0 Å². The zero-order chi connectivity index (χ0) is 15.2. The third-order valence-electron chi connectivity index (χ3n) is 3.09. The average molecular weight is 293 g/mol. The van der Waals surface area contributed by atoms with Crippen LogP contribution < -0.4 is 5.32 Å². The van der Waals surface area contributed by atoms with Gasteiger partial charge in [0.1, 0.15) is 6.04 Å². The lowest BCUT2D eigenvalue weighted by atomic mass is 9.94. The summed E-state index contributed by atoms with van der Waals surface area (Å²) in [5, 5.41) is 11.8. The van der Waals surface area contributed by atoms with Gasteiger partial charge in [-0.1, -0.05) is 58.5 Å². The Morgan fingerprint density at radius 2 is 1.76 bits per heavy atom. The summed E-state index contributed by atoms with van der Waals surface area (Å²) in [7, 11) is 0. The Morgan fingerprint density at radius 1 is 1.19 bits per heavy atom. The maximum atomic E-state index is 11.8. The Hall–Kier alpha value is -1.84. The number of hydrogen-bond acceptors (Lipinski definition) is 2. The highest BCUT2D eigenvalue weighted by atomic mass is 16.4. The van der Waals surface area contributed by atoms with E-state index in [1.54, 1.807) is 20.8 Å². The van der Waals surface area contributed by atoms with Crippen LogP contribution in [0.15, 0.2) is 30.3 Å². The van der Waals surface area contributed by atoms with Crippen LogP contribution in [0.1, 0.15) is 46.6 Å². The summed E-state index contributed by atoms with van der Waals surface area (Å²) >= 11 is 0. The molecular weight excluding hydrogens is 266 g/mol. The molecule has 0 saturated heterocycles. The van der Waals surface area contributed by atoms with E-state index in [9.17, 15) is 14.7 Å². The highest BCUT2D eigenvalue weighted by Gasteiger charge is 2.26. The van der Waals surface area contributed by atoms with Gasteiger partial charge >= 0.3 is 5.97 Å². The number of carboxylic acid groups (broad SMARTS) is 1. The molecule has 21 heavy (non-hydrogen) atoms. The van der Waals surface area contributed by atoms with E-state index in [1.807, 2.05) is 30.3 Å². The standard InChI is InChI=1S/C16H23NO3.CH4/c1-16(2,3)15(20)17-13(14(18)19)11-7-10-12-8-5-4-6-9-12;/h4-6,8-9,13H,7,10-11H2,1-3H3,(H,17,20)(H,18,19);1H4/t13-;/m1./s1. The first-order valence-electron chi connectivity index (χ1n) is 6.88. The van der Waals surface area contributed by atoms with Gasteiger partial charge in [-0.3, -0.25) is 4.79 Å². The Bertz CT molecular complexity index is 449. The molecule has 1 atom stereocenters. The van der Waals surface area contributed by atoms with E-state index in [4.69, 9.17) is 0 Å². The summed E-state index contributed by atoms with van der Waals surface area (Å²) in [6, 6.07) is 9.10. The molecule has 0 aliphatic rings. The number of aliphatic carboxylic acids is 1. The first-order valence-corrected chi connectivity index (χ1v) is 6.88. The number of amides is 1. The lowest BCUT2D eigenvalue weighted by molar-refractivity contribution is -0.143. The molecule has 0 bridgehead atoms. The van der Waals surface area contributed by atoms with Gasteiger partial charge in [-0.15, -0.1) is 0 Å². The van der Waals surface area contributed by atoms with Crippen molar-refractivity contribution >= 4 is 11.9 Å². The molecule has 1 amide bonds. The predicted octanol–water partition coefficient (Wildman–Crippen LogP) is 3.26. The van der Waals surface area contributed by atoms with E-state index in [0.29, 0.717) is 6.42 Å². The third-order valence-corrected chi connectivity index (χ3v) is 3.09. The molecule has 0 spiro atoms. The van der Waals surface area contributed by atoms with Gasteiger partial charge in [0, 0.05) is 5.41 Å². The minimum absolute atomic E-state index is 0. The molecular formula is C17H27NO3. The minimum Gasteiger partial charge on any atom is -0.480 e. The molecule has 0 unspecified atom stereocenters. The van der Waals surface area contributed by atoms with Crippen LogP contribution in [0.5, 0.6) is 0 Å². The predicted molar refractivity (Wildman–Crippen MR) is 85.1 cm³/mol. The highest BCUT2D eigenvalue weighted by Crippen LogP contribution is 2.14. The molecule has 0 radical (unpaired) electrons. The van der Waals surface area contributed by atoms with Crippen molar-refractivity contribution < 1.29 is 14.7 Å². The van der Waals surface area contributed by atoms with Crippen LogP contribution >= 0.6 is 0 Å². The van der Waals surface area contributed by atoms with Crippen LogP contribution in [0.25, 0.3) is 0 Å². The van der Waals surface area contributed by atoms with E-state index < -0.39 is 17.4 Å². The number of nitrogens with one attached hydrogen (secondary N) is 1. The van der Waals surface area contributed by atoms with Crippen LogP contribution in [0.2, 0.25) is 0 Å². The number of benzene rings is 1. The molecule has 1 rings (SSSR count). The molecule has 1 aromatic carbocycles. The monoisotopic (exact) mass is 293 g/mol. The van der Waals surface area contributed by atoms with Crippen LogP contribution in [0.4, 0.5) is 0 Å². The van der Waals surface area contributed by atoms with Crippen LogP contribution in [-0.2, 0) is 16.0 Å². The zero-order valence-corrected chi connectivity index (χ0v) is 12.3. The van der Waals surface area contributed by atoms with Gasteiger partial charge in [-0.25, -0.2) is 4.79 Å². The Kier molecular flexibility index (Phi) is 7.71. The summed E-state index contributed by atoms with van der Waals surface area (Å²) in [5.74, 6) is -1.21. The van der Waals surface area contributed by atoms with E-state index >= 15 is 0 Å². The summed E-state index contributed by atoms with van der Waals surface area (Å²) in [6.07, 6.45) is 1.98. The third kappa shape index (κ3) is 6.93. The van der Waals surface area contributed by atoms with Crippen LogP contribution in [0.3, 0.4) is 0 Å². The molecule has 0 heterocycles. The smallest absolute Gasteiger partial charge is 0.326 e. The Morgan fingerprint density at radius 3 is 2.24 bits per heavy atom.